The van der Waals surface area contributed by atoms with Crippen LogP contribution in [0.2, 0.25) is 0 Å². The number of imidazole rings is 1. The Morgan fingerprint density at radius 1 is 1.38 bits per heavy atom. The van der Waals surface area contributed by atoms with Gasteiger partial charge in [0.2, 0.25) is 0 Å². The van der Waals surface area contributed by atoms with E-state index in [9.17, 15) is 0 Å². The monoisotopic (exact) mass is 254 g/mol. The minimum atomic E-state index is 1.02. The van der Waals surface area contributed by atoms with Crippen molar-refractivity contribution >= 4 is 39.4 Å². The van der Waals surface area contributed by atoms with Gasteiger partial charge in [-0.1, -0.05) is 0 Å². The summed E-state index contributed by atoms with van der Waals surface area (Å²) < 4.78 is 1.15. The van der Waals surface area contributed by atoms with E-state index < -0.39 is 0 Å². The summed E-state index contributed by atoms with van der Waals surface area (Å²) in [5.41, 5.74) is 1.02. The van der Waals surface area contributed by atoms with Crippen LogP contribution in [-0.4, -0.2) is 9.97 Å². The van der Waals surface area contributed by atoms with Crippen molar-refractivity contribution in [3.8, 4) is 0 Å². The van der Waals surface area contributed by atoms with E-state index in [-0.39, 0.29) is 0 Å². The third kappa shape index (κ3) is 2.29. The Morgan fingerprint density at radius 2 is 2.31 bits per heavy atom. The summed E-state index contributed by atoms with van der Waals surface area (Å²) in [4.78, 5) is 8.16. The third-order valence-electron chi connectivity index (χ3n) is 1.54. The molecular formula is C9H7BrN2S. The predicted octanol–water partition coefficient (Wildman–Crippen LogP) is 3.40. The number of aromatic amines is 1. The van der Waals surface area contributed by atoms with Gasteiger partial charge in [0.15, 0.2) is 0 Å². The molecule has 0 radical (unpaired) electrons. The van der Waals surface area contributed by atoms with Crippen molar-refractivity contribution < 1.29 is 0 Å². The Hall–Kier alpha value is -0.870. The van der Waals surface area contributed by atoms with E-state index in [0.717, 1.165) is 9.48 Å². The van der Waals surface area contributed by atoms with Gasteiger partial charge in [-0.25, -0.2) is 4.98 Å². The summed E-state index contributed by atoms with van der Waals surface area (Å²) in [6.45, 7) is 0. The largest absolute Gasteiger partial charge is 0.345 e. The van der Waals surface area contributed by atoms with Gasteiger partial charge in [0.05, 0.1) is 22.0 Å². The molecule has 0 saturated carbocycles. The van der Waals surface area contributed by atoms with Crippen molar-refractivity contribution in [2.24, 2.45) is 0 Å². The van der Waals surface area contributed by atoms with E-state index >= 15 is 0 Å². The van der Waals surface area contributed by atoms with Crippen LogP contribution >= 0.6 is 27.3 Å². The molecule has 66 valence electrons. The number of rotatable bonds is 2. The molecule has 0 spiro atoms. The van der Waals surface area contributed by atoms with E-state index in [1.54, 1.807) is 23.9 Å². The zero-order valence-electron chi connectivity index (χ0n) is 6.70. The smallest absolute Gasteiger partial charge is 0.0924 e. The SMILES string of the molecule is Brc1ccc(/C=C/c2cnc[nH]2)s1. The van der Waals surface area contributed by atoms with Crippen LogP contribution < -0.4 is 0 Å². The van der Waals surface area contributed by atoms with Crippen LogP contribution in [0, 0.1) is 0 Å². The molecule has 1 N–H and O–H groups in total. The van der Waals surface area contributed by atoms with Gasteiger partial charge in [-0.2, -0.15) is 0 Å². The molecule has 0 aliphatic carbocycles. The van der Waals surface area contributed by atoms with Gasteiger partial charge >= 0.3 is 0 Å². The summed E-state index contributed by atoms with van der Waals surface area (Å²) in [5, 5.41) is 0. The van der Waals surface area contributed by atoms with E-state index in [2.05, 4.69) is 38.0 Å². The first-order valence-corrected chi connectivity index (χ1v) is 5.37. The number of nitrogens with one attached hydrogen (secondary N) is 1. The fourth-order valence-electron chi connectivity index (χ4n) is 0.948. The van der Waals surface area contributed by atoms with E-state index in [4.69, 9.17) is 0 Å². The molecule has 0 aliphatic rings. The lowest BCUT2D eigenvalue weighted by molar-refractivity contribution is 1.31. The number of thiophene rings is 1. The molecular weight excluding hydrogens is 248 g/mol. The standard InChI is InChI=1S/C9H7BrN2S/c10-9-4-3-8(13-9)2-1-7-5-11-6-12-7/h1-6H,(H,11,12)/b2-1+. The molecule has 0 fully saturated rings. The van der Waals surface area contributed by atoms with Crippen LogP contribution in [-0.2, 0) is 0 Å². The van der Waals surface area contributed by atoms with Gasteiger partial charge in [-0.3, -0.25) is 0 Å². The maximum absolute atomic E-state index is 3.93. The maximum Gasteiger partial charge on any atom is 0.0924 e. The molecule has 0 aromatic carbocycles. The maximum atomic E-state index is 3.93. The number of halogens is 1. The molecule has 2 nitrogen and oxygen atoms in total. The van der Waals surface area contributed by atoms with Crippen molar-refractivity contribution in [1.82, 2.24) is 9.97 Å². The van der Waals surface area contributed by atoms with Gasteiger partial charge in [0, 0.05) is 4.88 Å². The van der Waals surface area contributed by atoms with E-state index in [1.165, 1.54) is 4.88 Å². The Balaban J connectivity index is 2.14. The lowest BCUT2D eigenvalue weighted by Gasteiger charge is -1.83. The molecule has 0 atom stereocenters. The normalized spacial score (nSPS) is 11.2. The lowest BCUT2D eigenvalue weighted by atomic mass is 10.3. The molecule has 0 amide bonds. The van der Waals surface area contributed by atoms with Gasteiger partial charge in [0.1, 0.15) is 0 Å². The quantitative estimate of drug-likeness (QED) is 0.875. The number of nitrogens with zero attached hydrogens (tertiary/aromatic N) is 1. The molecule has 2 rings (SSSR count). The fourth-order valence-corrected chi connectivity index (χ4v) is 2.27. The Bertz CT molecular complexity index is 403. The topological polar surface area (TPSA) is 28.7 Å². The van der Waals surface area contributed by atoms with Crippen molar-refractivity contribution in [3.05, 3.63) is 39.0 Å². The fraction of sp³-hybridized carbons (Fsp3) is 0. The average Bonchev–Trinajstić information content (AvgIpc) is 2.71. The molecule has 2 heterocycles. The molecule has 0 bridgehead atoms. The number of H-pyrrole nitrogens is 1. The number of hydrogen-bond acceptors (Lipinski definition) is 2. The summed E-state index contributed by atoms with van der Waals surface area (Å²) in [6.07, 6.45) is 7.53. The summed E-state index contributed by atoms with van der Waals surface area (Å²) in [6, 6.07) is 4.11. The van der Waals surface area contributed by atoms with Crippen molar-refractivity contribution in [1.29, 1.82) is 0 Å². The minimum Gasteiger partial charge on any atom is -0.345 e. The minimum absolute atomic E-state index is 1.02. The first-order chi connectivity index (χ1) is 6.34. The molecule has 0 saturated heterocycles. The van der Waals surface area contributed by atoms with Crippen LogP contribution in [0.1, 0.15) is 10.6 Å². The van der Waals surface area contributed by atoms with E-state index in [0.29, 0.717) is 0 Å². The summed E-state index contributed by atoms with van der Waals surface area (Å²) >= 11 is 5.12. The Labute approximate surface area is 88.5 Å². The number of hydrogen-bond donors (Lipinski definition) is 1. The van der Waals surface area contributed by atoms with Crippen LogP contribution in [0.5, 0.6) is 0 Å². The highest BCUT2D eigenvalue weighted by atomic mass is 79.9. The van der Waals surface area contributed by atoms with Crippen molar-refractivity contribution in [2.75, 3.05) is 0 Å². The zero-order valence-corrected chi connectivity index (χ0v) is 9.10. The molecule has 0 unspecified atom stereocenters. The van der Waals surface area contributed by atoms with Crippen LogP contribution in [0.3, 0.4) is 0 Å². The summed E-state index contributed by atoms with van der Waals surface area (Å²) in [5.74, 6) is 0. The predicted molar refractivity (Wildman–Crippen MR) is 59.5 cm³/mol. The van der Waals surface area contributed by atoms with Crippen molar-refractivity contribution in [2.45, 2.75) is 0 Å². The lowest BCUT2D eigenvalue weighted by Crippen LogP contribution is -1.65. The van der Waals surface area contributed by atoms with Crippen LogP contribution in [0.25, 0.3) is 12.2 Å². The second-order valence-electron chi connectivity index (χ2n) is 2.48. The highest BCUT2D eigenvalue weighted by Crippen LogP contribution is 2.23. The van der Waals surface area contributed by atoms with Crippen LogP contribution in [0.15, 0.2) is 28.4 Å². The zero-order chi connectivity index (χ0) is 9.10. The van der Waals surface area contributed by atoms with E-state index in [1.807, 2.05) is 12.1 Å². The average molecular weight is 255 g/mol. The van der Waals surface area contributed by atoms with Crippen LogP contribution in [0.4, 0.5) is 0 Å². The first-order valence-electron chi connectivity index (χ1n) is 3.76. The second-order valence-corrected chi connectivity index (χ2v) is 4.98. The van der Waals surface area contributed by atoms with Gasteiger partial charge < -0.3 is 4.98 Å². The molecule has 13 heavy (non-hydrogen) atoms. The third-order valence-corrected chi connectivity index (χ3v) is 3.13. The van der Waals surface area contributed by atoms with Crippen molar-refractivity contribution in [3.63, 3.8) is 0 Å². The van der Waals surface area contributed by atoms with Gasteiger partial charge in [0.25, 0.3) is 0 Å². The first kappa shape index (κ1) is 8.72. The molecule has 2 aromatic heterocycles. The molecule has 4 heteroatoms. The highest BCUT2D eigenvalue weighted by molar-refractivity contribution is 9.11. The summed E-state index contributed by atoms with van der Waals surface area (Å²) in [7, 11) is 0. The Morgan fingerprint density at radius 3 is 2.92 bits per heavy atom. The highest BCUT2D eigenvalue weighted by Gasteiger charge is 1.92. The van der Waals surface area contributed by atoms with Gasteiger partial charge in [-0.05, 0) is 40.2 Å². The molecule has 2 aromatic rings. The molecule has 0 aliphatic heterocycles. The second kappa shape index (κ2) is 3.89. The van der Waals surface area contributed by atoms with Gasteiger partial charge in [-0.15, -0.1) is 11.3 Å². The number of aromatic nitrogens is 2. The Kier molecular flexibility index (Phi) is 2.61.